The molecular weight excluding hydrogens is 282 g/mol. The van der Waals surface area contributed by atoms with Crippen LogP contribution in [0.25, 0.3) is 0 Å². The third-order valence-corrected chi connectivity index (χ3v) is 3.90. The minimum atomic E-state index is 0.717. The SMILES string of the molecule is CCOc1ccc(C[NH2+]CCCSc2ncccn2)cc1. The van der Waals surface area contributed by atoms with E-state index in [9.17, 15) is 0 Å². The molecule has 0 unspecified atom stereocenters. The van der Waals surface area contributed by atoms with Gasteiger partial charge in [-0.05, 0) is 37.3 Å². The summed E-state index contributed by atoms with van der Waals surface area (Å²) in [6.45, 7) is 4.85. The van der Waals surface area contributed by atoms with Crippen molar-refractivity contribution < 1.29 is 10.1 Å². The van der Waals surface area contributed by atoms with Crippen molar-refractivity contribution >= 4 is 11.8 Å². The molecule has 0 fully saturated rings. The largest absolute Gasteiger partial charge is 0.494 e. The van der Waals surface area contributed by atoms with Crippen LogP contribution in [0.1, 0.15) is 18.9 Å². The molecule has 0 aliphatic heterocycles. The first kappa shape index (κ1) is 15.8. The summed E-state index contributed by atoms with van der Waals surface area (Å²) < 4.78 is 5.44. The van der Waals surface area contributed by atoms with Crippen molar-refractivity contribution in [3.63, 3.8) is 0 Å². The summed E-state index contributed by atoms with van der Waals surface area (Å²) in [6.07, 6.45) is 4.72. The molecule has 112 valence electrons. The van der Waals surface area contributed by atoms with E-state index in [0.29, 0.717) is 6.61 Å². The Morgan fingerprint density at radius 1 is 1.14 bits per heavy atom. The van der Waals surface area contributed by atoms with Gasteiger partial charge in [-0.1, -0.05) is 11.8 Å². The summed E-state index contributed by atoms with van der Waals surface area (Å²) in [5, 5.41) is 3.20. The molecule has 0 aliphatic carbocycles. The van der Waals surface area contributed by atoms with Crippen molar-refractivity contribution in [2.24, 2.45) is 0 Å². The van der Waals surface area contributed by atoms with Gasteiger partial charge in [-0.25, -0.2) is 9.97 Å². The molecule has 0 saturated carbocycles. The van der Waals surface area contributed by atoms with E-state index in [1.165, 1.54) is 5.56 Å². The zero-order chi connectivity index (χ0) is 14.8. The third-order valence-electron chi connectivity index (χ3n) is 2.94. The molecule has 0 spiro atoms. The Hall–Kier alpha value is -1.59. The highest BCUT2D eigenvalue weighted by atomic mass is 32.2. The fraction of sp³-hybridized carbons (Fsp3) is 0.375. The van der Waals surface area contributed by atoms with E-state index < -0.39 is 0 Å². The Kier molecular flexibility index (Phi) is 7.04. The Balaban J connectivity index is 1.57. The van der Waals surface area contributed by atoms with Gasteiger partial charge in [0.05, 0.1) is 13.2 Å². The predicted octanol–water partition coefficient (Wildman–Crippen LogP) is 2.12. The van der Waals surface area contributed by atoms with Crippen molar-refractivity contribution in [2.75, 3.05) is 18.9 Å². The van der Waals surface area contributed by atoms with Gasteiger partial charge in [0.25, 0.3) is 0 Å². The average molecular weight is 304 g/mol. The number of aromatic nitrogens is 2. The van der Waals surface area contributed by atoms with E-state index in [2.05, 4.69) is 27.4 Å². The summed E-state index contributed by atoms with van der Waals surface area (Å²) in [5.74, 6) is 2.00. The van der Waals surface area contributed by atoms with Gasteiger partial charge < -0.3 is 10.1 Å². The minimum absolute atomic E-state index is 0.717. The normalized spacial score (nSPS) is 10.5. The Morgan fingerprint density at radius 2 is 1.90 bits per heavy atom. The molecule has 1 heterocycles. The predicted molar refractivity (Wildman–Crippen MR) is 85.5 cm³/mol. The first-order chi connectivity index (χ1) is 10.4. The maximum Gasteiger partial charge on any atom is 0.187 e. The molecule has 4 nitrogen and oxygen atoms in total. The Bertz CT molecular complexity index is 505. The molecule has 0 aliphatic rings. The maximum atomic E-state index is 5.44. The summed E-state index contributed by atoms with van der Waals surface area (Å²) in [6, 6.07) is 10.2. The van der Waals surface area contributed by atoms with Gasteiger partial charge in [0, 0.05) is 30.1 Å². The second-order valence-corrected chi connectivity index (χ2v) is 5.65. The molecule has 0 saturated heterocycles. The molecule has 0 radical (unpaired) electrons. The number of nitrogens with zero attached hydrogens (tertiary/aromatic N) is 2. The zero-order valence-electron chi connectivity index (χ0n) is 12.4. The van der Waals surface area contributed by atoms with Crippen molar-refractivity contribution in [1.29, 1.82) is 0 Å². The highest BCUT2D eigenvalue weighted by Crippen LogP contribution is 2.12. The van der Waals surface area contributed by atoms with Crippen LogP contribution in [-0.4, -0.2) is 28.9 Å². The van der Waals surface area contributed by atoms with Gasteiger partial charge in [0.15, 0.2) is 5.16 Å². The van der Waals surface area contributed by atoms with Crippen LogP contribution in [0, 0.1) is 0 Å². The van der Waals surface area contributed by atoms with Gasteiger partial charge in [0.1, 0.15) is 12.3 Å². The lowest BCUT2D eigenvalue weighted by molar-refractivity contribution is -0.670. The average Bonchev–Trinajstić information content (AvgIpc) is 2.53. The highest BCUT2D eigenvalue weighted by molar-refractivity contribution is 7.99. The number of quaternary nitrogens is 1. The molecule has 0 atom stereocenters. The standard InChI is InChI=1S/C16H21N3OS/c1-2-20-15-7-5-14(6-8-15)13-17-9-4-12-21-16-18-10-3-11-19-16/h3,5-8,10-11,17H,2,4,9,12-13H2,1H3/p+1. The van der Waals surface area contributed by atoms with Crippen LogP contribution in [0.5, 0.6) is 5.75 Å². The molecule has 2 rings (SSSR count). The van der Waals surface area contributed by atoms with E-state index in [4.69, 9.17) is 4.74 Å². The van der Waals surface area contributed by atoms with E-state index in [-0.39, 0.29) is 0 Å². The first-order valence-electron chi connectivity index (χ1n) is 7.31. The van der Waals surface area contributed by atoms with Crippen LogP contribution in [0.2, 0.25) is 0 Å². The second-order valence-electron chi connectivity index (χ2n) is 4.59. The second kappa shape index (κ2) is 9.37. The monoisotopic (exact) mass is 304 g/mol. The molecule has 21 heavy (non-hydrogen) atoms. The van der Waals surface area contributed by atoms with Crippen LogP contribution >= 0.6 is 11.8 Å². The smallest absolute Gasteiger partial charge is 0.187 e. The van der Waals surface area contributed by atoms with Crippen LogP contribution < -0.4 is 10.1 Å². The van der Waals surface area contributed by atoms with Gasteiger partial charge >= 0.3 is 0 Å². The van der Waals surface area contributed by atoms with E-state index >= 15 is 0 Å². The number of hydrogen-bond acceptors (Lipinski definition) is 4. The van der Waals surface area contributed by atoms with E-state index in [1.807, 2.05) is 25.1 Å². The Morgan fingerprint density at radius 3 is 2.62 bits per heavy atom. The van der Waals surface area contributed by atoms with Crippen LogP contribution in [0.15, 0.2) is 47.9 Å². The van der Waals surface area contributed by atoms with Gasteiger partial charge in [0.2, 0.25) is 0 Å². The molecule has 2 N–H and O–H groups in total. The number of thioether (sulfide) groups is 1. The lowest BCUT2D eigenvalue weighted by Gasteiger charge is -2.05. The van der Waals surface area contributed by atoms with Crippen molar-refractivity contribution in [2.45, 2.75) is 25.0 Å². The molecule has 0 amide bonds. The number of ether oxygens (including phenoxy) is 1. The molecule has 2 aromatic rings. The molecule has 1 aromatic carbocycles. The van der Waals surface area contributed by atoms with Crippen molar-refractivity contribution in [1.82, 2.24) is 9.97 Å². The first-order valence-corrected chi connectivity index (χ1v) is 8.30. The number of benzene rings is 1. The summed E-state index contributed by atoms with van der Waals surface area (Å²) in [5.41, 5.74) is 1.33. The summed E-state index contributed by atoms with van der Waals surface area (Å²) in [7, 11) is 0. The number of nitrogens with two attached hydrogens (primary N) is 1. The van der Waals surface area contributed by atoms with Crippen LogP contribution in [-0.2, 0) is 6.54 Å². The van der Waals surface area contributed by atoms with E-state index in [0.717, 1.165) is 36.2 Å². The molecule has 1 aromatic heterocycles. The van der Waals surface area contributed by atoms with Crippen molar-refractivity contribution in [3.8, 4) is 5.75 Å². The molecule has 0 bridgehead atoms. The quantitative estimate of drug-likeness (QED) is 0.438. The topological polar surface area (TPSA) is 51.6 Å². The lowest BCUT2D eigenvalue weighted by Crippen LogP contribution is -2.82. The fourth-order valence-electron chi connectivity index (χ4n) is 1.91. The number of hydrogen-bond donors (Lipinski definition) is 1. The highest BCUT2D eigenvalue weighted by Gasteiger charge is 1.99. The maximum absolute atomic E-state index is 5.44. The van der Waals surface area contributed by atoms with Gasteiger partial charge in [-0.2, -0.15) is 0 Å². The Labute approximate surface area is 130 Å². The third kappa shape index (κ3) is 6.14. The lowest BCUT2D eigenvalue weighted by atomic mass is 10.2. The number of rotatable bonds is 9. The summed E-state index contributed by atoms with van der Waals surface area (Å²) >= 11 is 1.72. The minimum Gasteiger partial charge on any atom is -0.494 e. The molecule has 5 heteroatoms. The van der Waals surface area contributed by atoms with E-state index in [1.54, 1.807) is 24.2 Å². The van der Waals surface area contributed by atoms with Crippen molar-refractivity contribution in [3.05, 3.63) is 48.3 Å². The van der Waals surface area contributed by atoms with Gasteiger partial charge in [-0.15, -0.1) is 0 Å². The molecular formula is C16H22N3OS+. The van der Waals surface area contributed by atoms with Crippen LogP contribution in [0.3, 0.4) is 0 Å². The fourth-order valence-corrected chi connectivity index (χ4v) is 2.67. The van der Waals surface area contributed by atoms with Crippen LogP contribution in [0.4, 0.5) is 0 Å². The van der Waals surface area contributed by atoms with Gasteiger partial charge in [-0.3, -0.25) is 0 Å². The zero-order valence-corrected chi connectivity index (χ0v) is 13.2. The summed E-state index contributed by atoms with van der Waals surface area (Å²) in [4.78, 5) is 8.39.